The molecule has 2 aliphatic rings. The van der Waals surface area contributed by atoms with Gasteiger partial charge in [-0.05, 0) is 0 Å². The topological polar surface area (TPSA) is 24.9 Å². The minimum Gasteiger partial charge on any atom is -0.379 e. The van der Waals surface area contributed by atoms with Gasteiger partial charge in [-0.15, -0.1) is 0 Å². The van der Waals surface area contributed by atoms with E-state index in [1.165, 1.54) is 0 Å². The summed E-state index contributed by atoms with van der Waals surface area (Å²) >= 11 is 0. The molecule has 0 saturated carbocycles. The zero-order chi connectivity index (χ0) is 8.93. The molecule has 2 saturated heterocycles. The lowest BCUT2D eigenvalue weighted by Crippen LogP contribution is -2.37. The second-order valence-electron chi connectivity index (χ2n) is 3.30. The van der Waals surface area contributed by atoms with E-state index in [-0.39, 0.29) is 0 Å². The Kier molecular flexibility index (Phi) is 3.94. The SMILES string of the molecule is C1CN(PN2CCOCC2)CCO1. The van der Waals surface area contributed by atoms with Crippen molar-refractivity contribution in [3.8, 4) is 0 Å². The summed E-state index contributed by atoms with van der Waals surface area (Å²) in [7, 11) is 0.837. The van der Waals surface area contributed by atoms with E-state index in [1.807, 2.05) is 0 Å². The fourth-order valence-electron chi connectivity index (χ4n) is 1.53. The second kappa shape index (κ2) is 5.23. The van der Waals surface area contributed by atoms with Crippen LogP contribution in [-0.4, -0.2) is 61.9 Å². The van der Waals surface area contributed by atoms with E-state index in [2.05, 4.69) is 9.34 Å². The van der Waals surface area contributed by atoms with Gasteiger partial charge in [0.1, 0.15) is 0 Å². The van der Waals surface area contributed by atoms with Gasteiger partial charge >= 0.3 is 0 Å². The third-order valence-electron chi connectivity index (χ3n) is 2.31. The van der Waals surface area contributed by atoms with Crippen molar-refractivity contribution in [2.75, 3.05) is 52.6 Å². The molecule has 0 radical (unpaired) electrons. The van der Waals surface area contributed by atoms with Gasteiger partial charge in [0.05, 0.1) is 26.4 Å². The molecule has 13 heavy (non-hydrogen) atoms. The van der Waals surface area contributed by atoms with E-state index in [0.29, 0.717) is 0 Å². The zero-order valence-electron chi connectivity index (χ0n) is 7.87. The minimum atomic E-state index is 0.837. The summed E-state index contributed by atoms with van der Waals surface area (Å²) in [5.41, 5.74) is 0. The maximum atomic E-state index is 5.31. The molecule has 0 amide bonds. The van der Waals surface area contributed by atoms with Crippen LogP contribution < -0.4 is 0 Å². The molecule has 0 bridgehead atoms. The molecule has 76 valence electrons. The zero-order valence-corrected chi connectivity index (χ0v) is 8.87. The highest BCUT2D eigenvalue weighted by Gasteiger charge is 2.16. The third kappa shape index (κ3) is 3.15. The molecular formula is C8H17N2O2P. The minimum absolute atomic E-state index is 0.837. The molecule has 0 spiro atoms. The first kappa shape index (κ1) is 9.81. The first-order valence-corrected chi connectivity index (χ1v) is 5.76. The summed E-state index contributed by atoms with van der Waals surface area (Å²) in [5.74, 6) is 0. The average Bonchev–Trinajstić information content (AvgIpc) is 2.21. The number of hydrogen-bond donors (Lipinski definition) is 0. The van der Waals surface area contributed by atoms with Crippen molar-refractivity contribution in [2.24, 2.45) is 0 Å². The van der Waals surface area contributed by atoms with E-state index in [9.17, 15) is 0 Å². The van der Waals surface area contributed by atoms with Crippen molar-refractivity contribution in [1.82, 2.24) is 9.34 Å². The van der Waals surface area contributed by atoms with Crippen LogP contribution in [0.1, 0.15) is 0 Å². The molecule has 0 aliphatic carbocycles. The summed E-state index contributed by atoms with van der Waals surface area (Å²) in [5, 5.41) is 0. The van der Waals surface area contributed by atoms with Gasteiger partial charge in [-0.25, -0.2) is 0 Å². The number of ether oxygens (including phenoxy) is 2. The fraction of sp³-hybridized carbons (Fsp3) is 1.00. The van der Waals surface area contributed by atoms with Crippen molar-refractivity contribution in [3.63, 3.8) is 0 Å². The maximum Gasteiger partial charge on any atom is 0.0597 e. The summed E-state index contributed by atoms with van der Waals surface area (Å²) in [6.45, 7) is 7.97. The predicted molar refractivity (Wildman–Crippen MR) is 53.1 cm³/mol. The number of rotatable bonds is 2. The summed E-state index contributed by atoms with van der Waals surface area (Å²) in [6.07, 6.45) is 0. The molecule has 2 rings (SSSR count). The summed E-state index contributed by atoms with van der Waals surface area (Å²) in [4.78, 5) is 0. The van der Waals surface area contributed by atoms with Crippen LogP contribution >= 0.6 is 8.88 Å². The Morgan fingerprint density at radius 2 is 1.08 bits per heavy atom. The van der Waals surface area contributed by atoms with Crippen molar-refractivity contribution in [3.05, 3.63) is 0 Å². The van der Waals surface area contributed by atoms with Crippen LogP contribution in [0, 0.1) is 0 Å². The van der Waals surface area contributed by atoms with Gasteiger partial charge in [0.15, 0.2) is 0 Å². The lowest BCUT2D eigenvalue weighted by Gasteiger charge is -2.34. The molecule has 2 heterocycles. The smallest absolute Gasteiger partial charge is 0.0597 e. The number of morpholine rings is 2. The Bertz CT molecular complexity index is 131. The third-order valence-corrected chi connectivity index (χ3v) is 3.77. The standard InChI is InChI=1S/C8H17N2O2P/c1-5-11-6-2-9(1)13-10-3-7-12-8-4-10/h13H,1-8H2. The second-order valence-corrected chi connectivity index (χ2v) is 4.76. The van der Waals surface area contributed by atoms with Crippen LogP contribution in [0.15, 0.2) is 0 Å². The van der Waals surface area contributed by atoms with Crippen LogP contribution in [-0.2, 0) is 9.47 Å². The Balaban J connectivity index is 1.69. The first-order valence-electron chi connectivity index (χ1n) is 4.87. The van der Waals surface area contributed by atoms with Crippen molar-refractivity contribution < 1.29 is 9.47 Å². The highest BCUT2D eigenvalue weighted by molar-refractivity contribution is 7.32. The monoisotopic (exact) mass is 204 g/mol. The van der Waals surface area contributed by atoms with Gasteiger partial charge in [0.2, 0.25) is 0 Å². The van der Waals surface area contributed by atoms with Gasteiger partial charge in [-0.2, -0.15) is 0 Å². The van der Waals surface area contributed by atoms with Gasteiger partial charge in [-0.1, -0.05) is 0 Å². The molecule has 0 aromatic carbocycles. The van der Waals surface area contributed by atoms with E-state index in [4.69, 9.17) is 9.47 Å². The molecule has 4 nitrogen and oxygen atoms in total. The van der Waals surface area contributed by atoms with E-state index < -0.39 is 0 Å². The Labute approximate surface area is 81.1 Å². The fourth-order valence-corrected chi connectivity index (χ4v) is 2.69. The first-order chi connectivity index (χ1) is 6.45. The number of nitrogens with zero attached hydrogens (tertiary/aromatic N) is 2. The van der Waals surface area contributed by atoms with Crippen LogP contribution in [0.25, 0.3) is 0 Å². The van der Waals surface area contributed by atoms with Gasteiger partial charge in [0, 0.05) is 35.1 Å². The average molecular weight is 204 g/mol. The molecule has 0 atom stereocenters. The molecule has 2 fully saturated rings. The van der Waals surface area contributed by atoms with Gasteiger partial charge in [0.25, 0.3) is 0 Å². The van der Waals surface area contributed by atoms with Crippen molar-refractivity contribution in [2.45, 2.75) is 0 Å². The van der Waals surface area contributed by atoms with Crippen LogP contribution in [0.4, 0.5) is 0 Å². The van der Waals surface area contributed by atoms with Crippen molar-refractivity contribution >= 4 is 8.88 Å². The lowest BCUT2D eigenvalue weighted by atomic mass is 10.5. The highest BCUT2D eigenvalue weighted by Crippen LogP contribution is 2.25. The Hall–Kier alpha value is 0.270. The normalized spacial score (nSPS) is 27.7. The molecule has 0 aromatic heterocycles. The van der Waals surface area contributed by atoms with E-state index >= 15 is 0 Å². The lowest BCUT2D eigenvalue weighted by molar-refractivity contribution is 0.0609. The maximum absolute atomic E-state index is 5.31. The molecule has 5 heteroatoms. The van der Waals surface area contributed by atoms with Crippen LogP contribution in [0.2, 0.25) is 0 Å². The van der Waals surface area contributed by atoms with Gasteiger partial charge in [-0.3, -0.25) is 9.34 Å². The van der Waals surface area contributed by atoms with Crippen LogP contribution in [0.5, 0.6) is 0 Å². The summed E-state index contributed by atoms with van der Waals surface area (Å²) < 4.78 is 15.6. The number of hydrogen-bond acceptors (Lipinski definition) is 4. The van der Waals surface area contributed by atoms with E-state index in [0.717, 1.165) is 61.5 Å². The van der Waals surface area contributed by atoms with Crippen LogP contribution in [0.3, 0.4) is 0 Å². The van der Waals surface area contributed by atoms with E-state index in [1.54, 1.807) is 0 Å². The molecule has 0 N–H and O–H groups in total. The molecule has 0 unspecified atom stereocenters. The Morgan fingerprint density at radius 3 is 1.46 bits per heavy atom. The Morgan fingerprint density at radius 1 is 0.692 bits per heavy atom. The quantitative estimate of drug-likeness (QED) is 0.598. The highest BCUT2D eigenvalue weighted by atomic mass is 31.1. The predicted octanol–water partition coefficient (Wildman–Crippen LogP) is 0.159. The van der Waals surface area contributed by atoms with Crippen molar-refractivity contribution in [1.29, 1.82) is 0 Å². The molecular weight excluding hydrogens is 187 g/mol. The molecule has 2 aliphatic heterocycles. The van der Waals surface area contributed by atoms with Gasteiger partial charge < -0.3 is 9.47 Å². The molecule has 0 aromatic rings. The summed E-state index contributed by atoms with van der Waals surface area (Å²) in [6, 6.07) is 0. The largest absolute Gasteiger partial charge is 0.379 e.